The predicted molar refractivity (Wildman–Crippen MR) is 65.3 cm³/mol. The van der Waals surface area contributed by atoms with Crippen LogP contribution in [0.3, 0.4) is 0 Å². The van der Waals surface area contributed by atoms with E-state index in [-0.39, 0.29) is 0 Å². The van der Waals surface area contributed by atoms with Crippen LogP contribution in [0.4, 0.5) is 0 Å². The molecule has 0 aliphatic rings. The molecule has 3 aromatic rings. The molecule has 0 fully saturated rings. The van der Waals surface area contributed by atoms with Gasteiger partial charge >= 0.3 is 0 Å². The predicted octanol–water partition coefficient (Wildman–Crippen LogP) is 3.67. The standard InChI is InChI=1S/C12H9BrN2O/c1-8-6-12-14-7-11(15(12)16-8)9-2-4-10(13)5-3-9/h2-7H,1H3. The maximum atomic E-state index is 5.57. The summed E-state index contributed by atoms with van der Waals surface area (Å²) in [5, 5.41) is 0. The maximum Gasteiger partial charge on any atom is 0.172 e. The number of hydrogen-bond donors (Lipinski definition) is 0. The molecule has 0 aliphatic heterocycles. The second-order valence-electron chi connectivity index (χ2n) is 3.65. The highest BCUT2D eigenvalue weighted by molar-refractivity contribution is 9.10. The van der Waals surface area contributed by atoms with Gasteiger partial charge in [0.1, 0.15) is 11.5 Å². The van der Waals surface area contributed by atoms with Crippen LogP contribution >= 0.6 is 15.9 Å². The summed E-state index contributed by atoms with van der Waals surface area (Å²) in [4.78, 5) is 4.30. The average Bonchev–Trinajstić information content (AvgIpc) is 2.78. The SMILES string of the molecule is Cc1cc2ncc(-c3ccc(Br)cc3)n2o1. The quantitative estimate of drug-likeness (QED) is 0.679. The van der Waals surface area contributed by atoms with Crippen molar-refractivity contribution in [3.63, 3.8) is 0 Å². The lowest BCUT2D eigenvalue weighted by Crippen LogP contribution is -1.82. The van der Waals surface area contributed by atoms with Crippen LogP contribution in [0.5, 0.6) is 0 Å². The molecule has 3 nitrogen and oxygen atoms in total. The molecular weight excluding hydrogens is 268 g/mol. The third-order valence-electron chi connectivity index (χ3n) is 2.45. The van der Waals surface area contributed by atoms with Crippen LogP contribution in [0, 0.1) is 6.92 Å². The Kier molecular flexibility index (Phi) is 2.11. The first kappa shape index (κ1) is 9.66. The Labute approximate surface area is 101 Å². The van der Waals surface area contributed by atoms with E-state index in [4.69, 9.17) is 4.52 Å². The van der Waals surface area contributed by atoms with Crippen molar-refractivity contribution in [2.45, 2.75) is 6.92 Å². The summed E-state index contributed by atoms with van der Waals surface area (Å²) in [5.41, 5.74) is 2.90. The van der Waals surface area contributed by atoms with Crippen LogP contribution in [-0.4, -0.2) is 9.56 Å². The maximum absolute atomic E-state index is 5.57. The minimum atomic E-state index is 0.843. The van der Waals surface area contributed by atoms with E-state index in [9.17, 15) is 0 Å². The largest absolute Gasteiger partial charge is 0.378 e. The average molecular weight is 277 g/mol. The Morgan fingerprint density at radius 1 is 1.25 bits per heavy atom. The van der Waals surface area contributed by atoms with E-state index in [1.54, 1.807) is 4.57 Å². The fourth-order valence-corrected chi connectivity index (χ4v) is 1.98. The van der Waals surface area contributed by atoms with Crippen LogP contribution in [0.1, 0.15) is 5.76 Å². The number of hydrogen-bond acceptors (Lipinski definition) is 2. The molecule has 80 valence electrons. The van der Waals surface area contributed by atoms with E-state index in [0.717, 1.165) is 27.1 Å². The normalized spacial score (nSPS) is 11.1. The van der Waals surface area contributed by atoms with Gasteiger partial charge in [-0.05, 0) is 19.1 Å². The smallest absolute Gasteiger partial charge is 0.172 e. The molecule has 16 heavy (non-hydrogen) atoms. The van der Waals surface area contributed by atoms with Gasteiger partial charge < -0.3 is 4.52 Å². The Hall–Kier alpha value is -1.55. The van der Waals surface area contributed by atoms with Gasteiger partial charge in [-0.2, -0.15) is 4.57 Å². The molecule has 1 aromatic carbocycles. The van der Waals surface area contributed by atoms with E-state index < -0.39 is 0 Å². The van der Waals surface area contributed by atoms with Crippen molar-refractivity contribution in [3.05, 3.63) is 46.8 Å². The van der Waals surface area contributed by atoms with Crippen molar-refractivity contribution in [1.29, 1.82) is 0 Å². The Morgan fingerprint density at radius 3 is 2.75 bits per heavy atom. The highest BCUT2D eigenvalue weighted by Crippen LogP contribution is 2.23. The van der Waals surface area contributed by atoms with E-state index in [1.165, 1.54) is 0 Å². The van der Waals surface area contributed by atoms with Crippen molar-refractivity contribution in [3.8, 4) is 11.3 Å². The third-order valence-corrected chi connectivity index (χ3v) is 2.98. The number of nitrogens with zero attached hydrogens (tertiary/aromatic N) is 2. The zero-order valence-electron chi connectivity index (χ0n) is 8.64. The van der Waals surface area contributed by atoms with E-state index >= 15 is 0 Å². The van der Waals surface area contributed by atoms with Gasteiger partial charge in [0.2, 0.25) is 0 Å². The molecule has 0 saturated carbocycles. The summed E-state index contributed by atoms with van der Waals surface area (Å²) in [6, 6.07) is 9.99. The first-order chi connectivity index (χ1) is 7.74. The first-order valence-corrected chi connectivity index (χ1v) is 5.74. The van der Waals surface area contributed by atoms with Crippen LogP contribution in [-0.2, 0) is 0 Å². The number of aryl methyl sites for hydroxylation is 1. The zero-order chi connectivity index (χ0) is 11.1. The van der Waals surface area contributed by atoms with Crippen LogP contribution in [0.2, 0.25) is 0 Å². The fraction of sp³-hybridized carbons (Fsp3) is 0.0833. The second kappa shape index (κ2) is 3.49. The van der Waals surface area contributed by atoms with E-state index in [2.05, 4.69) is 20.9 Å². The summed E-state index contributed by atoms with van der Waals surface area (Å²) in [7, 11) is 0. The Bertz CT molecular complexity index is 637. The van der Waals surface area contributed by atoms with Gasteiger partial charge in [0.15, 0.2) is 5.65 Å². The van der Waals surface area contributed by atoms with Gasteiger partial charge in [-0.1, -0.05) is 28.1 Å². The molecule has 0 N–H and O–H groups in total. The molecule has 2 heterocycles. The van der Waals surface area contributed by atoms with Gasteiger partial charge in [-0.15, -0.1) is 0 Å². The topological polar surface area (TPSA) is 30.4 Å². The lowest BCUT2D eigenvalue weighted by atomic mass is 10.2. The van der Waals surface area contributed by atoms with Crippen molar-refractivity contribution >= 4 is 21.6 Å². The molecule has 2 aromatic heterocycles. The molecular formula is C12H9BrN2O. The van der Waals surface area contributed by atoms with Gasteiger partial charge in [0.05, 0.1) is 6.20 Å². The lowest BCUT2D eigenvalue weighted by molar-refractivity contribution is 0.361. The molecule has 0 saturated heterocycles. The number of rotatable bonds is 1. The second-order valence-corrected chi connectivity index (χ2v) is 4.56. The highest BCUT2D eigenvalue weighted by Gasteiger charge is 2.09. The summed E-state index contributed by atoms with van der Waals surface area (Å²) in [6.07, 6.45) is 1.82. The number of benzene rings is 1. The Balaban J connectivity index is 2.21. The van der Waals surface area contributed by atoms with Crippen LogP contribution in [0.25, 0.3) is 16.9 Å². The summed E-state index contributed by atoms with van der Waals surface area (Å²) >= 11 is 3.42. The lowest BCUT2D eigenvalue weighted by Gasteiger charge is -1.98. The van der Waals surface area contributed by atoms with Gasteiger partial charge in [-0.3, -0.25) is 0 Å². The minimum absolute atomic E-state index is 0.843. The highest BCUT2D eigenvalue weighted by atomic mass is 79.9. The summed E-state index contributed by atoms with van der Waals surface area (Å²) in [6.45, 7) is 1.92. The summed E-state index contributed by atoms with van der Waals surface area (Å²) in [5.74, 6) is 0.862. The molecule has 0 unspecified atom stereocenters. The van der Waals surface area contributed by atoms with Gasteiger partial charge in [-0.25, -0.2) is 4.98 Å². The molecule has 0 spiro atoms. The molecule has 3 rings (SSSR count). The van der Waals surface area contributed by atoms with Gasteiger partial charge in [0, 0.05) is 16.1 Å². The number of halogens is 1. The van der Waals surface area contributed by atoms with Crippen LogP contribution < -0.4 is 0 Å². The van der Waals surface area contributed by atoms with E-state index in [0.29, 0.717) is 0 Å². The summed E-state index contributed by atoms with van der Waals surface area (Å²) < 4.78 is 8.38. The molecule has 4 heteroatoms. The molecule has 0 radical (unpaired) electrons. The zero-order valence-corrected chi connectivity index (χ0v) is 10.2. The Morgan fingerprint density at radius 2 is 2.00 bits per heavy atom. The number of fused-ring (bicyclic) bond motifs is 1. The monoisotopic (exact) mass is 276 g/mol. The molecule has 0 amide bonds. The van der Waals surface area contributed by atoms with Crippen molar-refractivity contribution in [2.24, 2.45) is 0 Å². The van der Waals surface area contributed by atoms with Crippen molar-refractivity contribution < 1.29 is 4.52 Å². The molecule has 0 aliphatic carbocycles. The van der Waals surface area contributed by atoms with Crippen molar-refractivity contribution in [2.75, 3.05) is 0 Å². The third kappa shape index (κ3) is 1.46. The first-order valence-electron chi connectivity index (χ1n) is 4.94. The van der Waals surface area contributed by atoms with Crippen LogP contribution in [0.15, 0.2) is 45.5 Å². The fourth-order valence-electron chi connectivity index (χ4n) is 1.71. The van der Waals surface area contributed by atoms with E-state index in [1.807, 2.05) is 43.5 Å². The molecule has 0 bridgehead atoms. The number of aromatic nitrogens is 2. The van der Waals surface area contributed by atoms with Crippen molar-refractivity contribution in [1.82, 2.24) is 9.56 Å². The number of imidazole rings is 1. The molecule has 0 atom stereocenters. The minimum Gasteiger partial charge on any atom is -0.378 e. The van der Waals surface area contributed by atoms with Gasteiger partial charge in [0.25, 0.3) is 0 Å².